The molecule has 8 heteroatoms. The first-order chi connectivity index (χ1) is 14.4. The van der Waals surface area contributed by atoms with E-state index in [2.05, 4.69) is 10.4 Å². The number of imidazole rings is 1. The minimum atomic E-state index is -0.311. The van der Waals surface area contributed by atoms with Crippen LogP contribution in [0.25, 0.3) is 21.6 Å². The summed E-state index contributed by atoms with van der Waals surface area (Å²) >= 11 is 1.54. The van der Waals surface area contributed by atoms with Gasteiger partial charge in [0.05, 0.1) is 22.0 Å². The second-order valence-corrected chi connectivity index (χ2v) is 8.45. The van der Waals surface area contributed by atoms with Crippen LogP contribution in [0, 0.1) is 5.92 Å². The van der Waals surface area contributed by atoms with Crippen molar-refractivity contribution in [2.75, 3.05) is 0 Å². The Labute approximate surface area is 178 Å². The highest BCUT2D eigenvalue weighted by molar-refractivity contribution is 7.13. The number of nitrogens with one attached hydrogen (secondary N) is 1. The second-order valence-electron chi connectivity index (χ2n) is 7.50. The molecule has 4 rings (SSSR count). The van der Waals surface area contributed by atoms with E-state index in [1.165, 1.54) is 22.1 Å². The molecular formula is C22H23N5O2S. The van der Waals surface area contributed by atoms with Gasteiger partial charge in [-0.05, 0) is 35.6 Å². The zero-order chi connectivity index (χ0) is 21.3. The average Bonchev–Trinajstić information content (AvgIpc) is 3.37. The van der Waals surface area contributed by atoms with E-state index in [4.69, 9.17) is 4.98 Å². The Morgan fingerprint density at radius 1 is 1.13 bits per heavy atom. The molecule has 0 saturated carbocycles. The lowest BCUT2D eigenvalue weighted by Crippen LogP contribution is -2.38. The molecule has 0 saturated heterocycles. The summed E-state index contributed by atoms with van der Waals surface area (Å²) in [5.74, 6) is 0.623. The van der Waals surface area contributed by atoms with Gasteiger partial charge < -0.3 is 9.88 Å². The Hall–Kier alpha value is -3.26. The minimum absolute atomic E-state index is 0.117. The van der Waals surface area contributed by atoms with Gasteiger partial charge in [0.1, 0.15) is 18.1 Å². The number of nitrogens with zero attached hydrogens (tertiary/aromatic N) is 4. The van der Waals surface area contributed by atoms with Crippen molar-refractivity contribution in [2.45, 2.75) is 26.4 Å². The van der Waals surface area contributed by atoms with Crippen molar-refractivity contribution in [1.29, 1.82) is 0 Å². The van der Waals surface area contributed by atoms with E-state index >= 15 is 0 Å². The molecule has 30 heavy (non-hydrogen) atoms. The molecule has 0 fully saturated rings. The summed E-state index contributed by atoms with van der Waals surface area (Å²) in [6.45, 7) is 3.92. The molecule has 4 aromatic rings. The Kier molecular flexibility index (Phi) is 5.50. The van der Waals surface area contributed by atoms with E-state index in [0.29, 0.717) is 5.69 Å². The van der Waals surface area contributed by atoms with Gasteiger partial charge in [-0.25, -0.2) is 9.67 Å². The molecule has 0 radical (unpaired) electrons. The fourth-order valence-electron chi connectivity index (χ4n) is 3.44. The van der Waals surface area contributed by atoms with Crippen molar-refractivity contribution in [3.8, 4) is 10.6 Å². The van der Waals surface area contributed by atoms with E-state index in [-0.39, 0.29) is 30.0 Å². The molecule has 1 aromatic carbocycles. The minimum Gasteiger partial charge on any atom is -0.344 e. The quantitative estimate of drug-likeness (QED) is 0.518. The highest BCUT2D eigenvalue weighted by Gasteiger charge is 2.24. The molecular weight excluding hydrogens is 398 g/mol. The molecule has 0 aliphatic heterocycles. The van der Waals surface area contributed by atoms with Crippen LogP contribution < -0.4 is 10.9 Å². The molecule has 0 aliphatic rings. The van der Waals surface area contributed by atoms with E-state index < -0.39 is 0 Å². The van der Waals surface area contributed by atoms with Crippen molar-refractivity contribution >= 4 is 28.3 Å². The Balaban J connectivity index is 1.58. The number of aryl methyl sites for hydroxylation is 1. The van der Waals surface area contributed by atoms with Crippen molar-refractivity contribution in [2.24, 2.45) is 13.0 Å². The largest absolute Gasteiger partial charge is 0.344 e. The van der Waals surface area contributed by atoms with Crippen LogP contribution in [0.4, 0.5) is 0 Å². The normalized spacial score (nSPS) is 12.4. The van der Waals surface area contributed by atoms with Crippen molar-refractivity contribution in [3.63, 3.8) is 0 Å². The number of hydrogen-bond acceptors (Lipinski definition) is 5. The van der Waals surface area contributed by atoms with Crippen LogP contribution >= 0.6 is 11.3 Å². The van der Waals surface area contributed by atoms with Gasteiger partial charge in [0.25, 0.3) is 5.56 Å². The third-order valence-corrected chi connectivity index (χ3v) is 5.91. The topological polar surface area (TPSA) is 81.8 Å². The standard InChI is InChI=1S/C22H23N5O2S/c1-14(2)21(22-23-15-7-4-5-8-17(15)26(22)3)24-19(28)13-27-20(29)11-10-16(25-27)18-9-6-12-30-18/h4-12,14,21H,13H2,1-3H3,(H,24,28). The van der Waals surface area contributed by atoms with Gasteiger partial charge in [-0.2, -0.15) is 5.10 Å². The predicted molar refractivity (Wildman–Crippen MR) is 118 cm³/mol. The van der Waals surface area contributed by atoms with Gasteiger partial charge in [-0.3, -0.25) is 9.59 Å². The first kappa shape index (κ1) is 20.0. The number of carbonyl (C=O) groups excluding carboxylic acids is 1. The molecule has 1 amide bonds. The molecule has 1 N–H and O–H groups in total. The first-order valence-electron chi connectivity index (χ1n) is 9.77. The maximum atomic E-state index is 12.8. The number of thiophene rings is 1. The zero-order valence-electron chi connectivity index (χ0n) is 17.1. The molecule has 3 heterocycles. The summed E-state index contributed by atoms with van der Waals surface area (Å²) in [6, 6.07) is 14.6. The van der Waals surface area contributed by atoms with Crippen LogP contribution in [-0.2, 0) is 18.4 Å². The Bertz CT molecular complexity index is 1240. The van der Waals surface area contributed by atoms with Crippen LogP contribution in [0.3, 0.4) is 0 Å². The molecule has 1 unspecified atom stereocenters. The number of amides is 1. The molecule has 1 atom stereocenters. The second kappa shape index (κ2) is 8.23. The summed E-state index contributed by atoms with van der Waals surface area (Å²) in [5.41, 5.74) is 2.26. The maximum Gasteiger partial charge on any atom is 0.267 e. The number of aromatic nitrogens is 4. The number of rotatable bonds is 6. The lowest BCUT2D eigenvalue weighted by molar-refractivity contribution is -0.123. The summed E-state index contributed by atoms with van der Waals surface area (Å²) in [6.07, 6.45) is 0. The summed E-state index contributed by atoms with van der Waals surface area (Å²) in [5, 5.41) is 9.36. The highest BCUT2D eigenvalue weighted by Crippen LogP contribution is 2.25. The third-order valence-electron chi connectivity index (χ3n) is 5.02. The Morgan fingerprint density at radius 2 is 1.93 bits per heavy atom. The predicted octanol–water partition coefficient (Wildman–Crippen LogP) is 3.37. The van der Waals surface area contributed by atoms with Gasteiger partial charge >= 0.3 is 0 Å². The monoisotopic (exact) mass is 421 g/mol. The lowest BCUT2D eigenvalue weighted by Gasteiger charge is -2.22. The fourth-order valence-corrected chi connectivity index (χ4v) is 4.14. The van der Waals surface area contributed by atoms with E-state index in [0.717, 1.165) is 21.7 Å². The van der Waals surface area contributed by atoms with Crippen molar-refractivity contribution in [3.05, 3.63) is 70.1 Å². The number of fused-ring (bicyclic) bond motifs is 1. The van der Waals surface area contributed by atoms with E-state index in [9.17, 15) is 9.59 Å². The van der Waals surface area contributed by atoms with Crippen LogP contribution in [0.5, 0.6) is 0 Å². The molecule has 7 nitrogen and oxygen atoms in total. The summed E-state index contributed by atoms with van der Waals surface area (Å²) < 4.78 is 3.21. The van der Waals surface area contributed by atoms with Gasteiger partial charge in [0.2, 0.25) is 5.91 Å². The molecule has 154 valence electrons. The van der Waals surface area contributed by atoms with Crippen LogP contribution in [0.15, 0.2) is 58.7 Å². The number of para-hydroxylation sites is 2. The number of benzene rings is 1. The van der Waals surface area contributed by atoms with Crippen molar-refractivity contribution < 1.29 is 4.79 Å². The van der Waals surface area contributed by atoms with Gasteiger partial charge in [0, 0.05) is 13.1 Å². The van der Waals surface area contributed by atoms with Gasteiger partial charge in [0.15, 0.2) is 0 Å². The SMILES string of the molecule is CC(C)C(NC(=O)Cn1nc(-c2cccs2)ccc1=O)c1nc2ccccc2n1C. The van der Waals surface area contributed by atoms with Crippen LogP contribution in [0.2, 0.25) is 0 Å². The third kappa shape index (κ3) is 3.91. The van der Waals surface area contributed by atoms with Crippen LogP contribution in [-0.4, -0.2) is 25.2 Å². The lowest BCUT2D eigenvalue weighted by atomic mass is 10.0. The average molecular weight is 422 g/mol. The first-order valence-corrected chi connectivity index (χ1v) is 10.6. The molecule has 0 spiro atoms. The van der Waals surface area contributed by atoms with Gasteiger partial charge in [-0.1, -0.05) is 32.0 Å². The van der Waals surface area contributed by atoms with Crippen LogP contribution in [0.1, 0.15) is 25.7 Å². The molecule has 0 bridgehead atoms. The number of hydrogen-bond donors (Lipinski definition) is 1. The fraction of sp³-hybridized carbons (Fsp3) is 0.273. The van der Waals surface area contributed by atoms with E-state index in [1.807, 2.05) is 67.2 Å². The molecule has 3 aromatic heterocycles. The smallest absolute Gasteiger partial charge is 0.267 e. The zero-order valence-corrected chi connectivity index (χ0v) is 17.9. The number of carbonyl (C=O) groups is 1. The summed E-state index contributed by atoms with van der Waals surface area (Å²) in [7, 11) is 1.95. The molecule has 0 aliphatic carbocycles. The van der Waals surface area contributed by atoms with E-state index in [1.54, 1.807) is 6.07 Å². The maximum absolute atomic E-state index is 12.8. The Morgan fingerprint density at radius 3 is 2.63 bits per heavy atom. The van der Waals surface area contributed by atoms with Crippen molar-refractivity contribution in [1.82, 2.24) is 24.6 Å². The van der Waals surface area contributed by atoms with Gasteiger partial charge in [-0.15, -0.1) is 11.3 Å². The highest BCUT2D eigenvalue weighted by atomic mass is 32.1. The summed E-state index contributed by atoms with van der Waals surface area (Å²) in [4.78, 5) is 30.7.